The fourth-order valence-electron chi connectivity index (χ4n) is 2.57. The molecular formula is C14H19N3O2S. The Kier molecular flexibility index (Phi) is 4.14. The summed E-state index contributed by atoms with van der Waals surface area (Å²) in [6.07, 6.45) is 2.52. The van der Waals surface area contributed by atoms with E-state index >= 15 is 0 Å². The predicted molar refractivity (Wildman–Crippen MR) is 77.6 cm³/mol. The zero-order valence-corrected chi connectivity index (χ0v) is 12.6. The highest BCUT2D eigenvalue weighted by Gasteiger charge is 2.26. The van der Waals surface area contributed by atoms with Crippen molar-refractivity contribution < 1.29 is 9.26 Å². The molecule has 3 rings (SSSR count). The van der Waals surface area contributed by atoms with Gasteiger partial charge in [-0.25, -0.2) is 0 Å². The number of thiophene rings is 1. The zero-order chi connectivity index (χ0) is 13.9. The predicted octanol–water partition coefficient (Wildman–Crippen LogP) is 2.97. The molecule has 2 aromatic heterocycles. The van der Waals surface area contributed by atoms with Crippen molar-refractivity contribution in [3.8, 4) is 10.7 Å². The topological polar surface area (TPSA) is 51.4 Å². The average Bonchev–Trinajstić information content (AvgIpc) is 3.17. The Morgan fingerprint density at radius 3 is 2.90 bits per heavy atom. The smallest absolute Gasteiger partial charge is 0.244 e. The van der Waals surface area contributed by atoms with Gasteiger partial charge in [-0.2, -0.15) is 4.98 Å². The highest BCUT2D eigenvalue weighted by atomic mass is 32.1. The van der Waals surface area contributed by atoms with Gasteiger partial charge < -0.3 is 9.26 Å². The molecule has 5 nitrogen and oxygen atoms in total. The van der Waals surface area contributed by atoms with Crippen molar-refractivity contribution in [3.05, 3.63) is 23.4 Å². The molecule has 1 fully saturated rings. The second-order valence-corrected chi connectivity index (χ2v) is 6.03. The summed E-state index contributed by atoms with van der Waals surface area (Å²) in [5.74, 6) is 1.39. The molecule has 1 aliphatic heterocycles. The van der Waals surface area contributed by atoms with Crippen LogP contribution in [0.2, 0.25) is 0 Å². The summed E-state index contributed by atoms with van der Waals surface area (Å²) in [5.41, 5.74) is 0. The molecule has 0 aliphatic carbocycles. The van der Waals surface area contributed by atoms with Gasteiger partial charge in [0, 0.05) is 20.2 Å². The Morgan fingerprint density at radius 2 is 2.25 bits per heavy atom. The molecule has 0 unspecified atom stereocenters. The van der Waals surface area contributed by atoms with Gasteiger partial charge in [0.2, 0.25) is 11.7 Å². The standard InChI is InChI=1S/C14H19N3O2S/c1-10(17-7-5-11(18-2)6-8-17)14-15-13(16-19-14)12-4-3-9-20-12/h3-4,9-11H,5-8H2,1-2H3/t10-/m0/s1. The molecule has 0 spiro atoms. The van der Waals surface area contributed by atoms with Crippen LogP contribution in [0.15, 0.2) is 22.0 Å². The van der Waals surface area contributed by atoms with E-state index < -0.39 is 0 Å². The Labute approximate surface area is 122 Å². The summed E-state index contributed by atoms with van der Waals surface area (Å²) in [4.78, 5) is 7.95. The number of hydrogen-bond donors (Lipinski definition) is 0. The highest BCUT2D eigenvalue weighted by molar-refractivity contribution is 7.13. The van der Waals surface area contributed by atoms with Gasteiger partial charge in [-0.15, -0.1) is 11.3 Å². The van der Waals surface area contributed by atoms with Crippen LogP contribution in [0.5, 0.6) is 0 Å². The molecule has 0 bridgehead atoms. The molecule has 2 aromatic rings. The summed E-state index contributed by atoms with van der Waals surface area (Å²) in [5, 5.41) is 6.10. The SMILES string of the molecule is COC1CCN([C@@H](C)c2nc(-c3cccs3)no2)CC1. The quantitative estimate of drug-likeness (QED) is 0.867. The van der Waals surface area contributed by atoms with Crippen LogP contribution in [0.1, 0.15) is 31.7 Å². The number of aromatic nitrogens is 2. The zero-order valence-electron chi connectivity index (χ0n) is 11.8. The number of likely N-dealkylation sites (tertiary alicyclic amines) is 1. The van der Waals surface area contributed by atoms with Crippen LogP contribution >= 0.6 is 11.3 Å². The minimum Gasteiger partial charge on any atom is -0.381 e. The lowest BCUT2D eigenvalue weighted by Crippen LogP contribution is -2.38. The average molecular weight is 293 g/mol. The number of ether oxygens (including phenoxy) is 1. The Morgan fingerprint density at radius 1 is 1.45 bits per heavy atom. The van der Waals surface area contributed by atoms with E-state index in [0.29, 0.717) is 17.8 Å². The first-order valence-electron chi connectivity index (χ1n) is 6.92. The van der Waals surface area contributed by atoms with Crippen LogP contribution < -0.4 is 0 Å². The lowest BCUT2D eigenvalue weighted by atomic mass is 10.1. The van der Waals surface area contributed by atoms with Crippen LogP contribution in [0, 0.1) is 0 Å². The van der Waals surface area contributed by atoms with E-state index in [2.05, 4.69) is 22.0 Å². The van der Waals surface area contributed by atoms with Crippen molar-refractivity contribution in [3.63, 3.8) is 0 Å². The Hall–Kier alpha value is -1.24. The molecule has 1 saturated heterocycles. The number of methoxy groups -OCH3 is 1. The highest BCUT2D eigenvalue weighted by Crippen LogP contribution is 2.27. The van der Waals surface area contributed by atoms with E-state index in [1.54, 1.807) is 18.4 Å². The third kappa shape index (κ3) is 2.77. The maximum atomic E-state index is 5.43. The number of rotatable bonds is 4. The first-order chi connectivity index (χ1) is 9.78. The molecule has 20 heavy (non-hydrogen) atoms. The van der Waals surface area contributed by atoms with Gasteiger partial charge in [0.1, 0.15) is 0 Å². The summed E-state index contributed by atoms with van der Waals surface area (Å²) in [6.45, 7) is 4.14. The van der Waals surface area contributed by atoms with Gasteiger partial charge in [-0.05, 0) is 31.2 Å². The Bertz CT molecular complexity index is 532. The first-order valence-corrected chi connectivity index (χ1v) is 7.80. The van der Waals surface area contributed by atoms with E-state index in [0.717, 1.165) is 30.8 Å². The fraction of sp³-hybridized carbons (Fsp3) is 0.571. The van der Waals surface area contributed by atoms with Gasteiger partial charge >= 0.3 is 0 Å². The van der Waals surface area contributed by atoms with Crippen molar-refractivity contribution in [2.24, 2.45) is 0 Å². The maximum absolute atomic E-state index is 5.43. The summed E-state index contributed by atoms with van der Waals surface area (Å²) in [7, 11) is 1.79. The molecule has 1 aliphatic rings. The first kappa shape index (κ1) is 13.7. The summed E-state index contributed by atoms with van der Waals surface area (Å²) in [6, 6.07) is 4.16. The number of nitrogens with zero attached hydrogens (tertiary/aromatic N) is 3. The van der Waals surface area contributed by atoms with E-state index in [-0.39, 0.29) is 6.04 Å². The summed E-state index contributed by atoms with van der Waals surface area (Å²) >= 11 is 1.62. The summed E-state index contributed by atoms with van der Waals surface area (Å²) < 4.78 is 10.8. The minimum atomic E-state index is 0.161. The molecule has 0 radical (unpaired) electrons. The third-order valence-corrected chi connectivity index (χ3v) is 4.76. The largest absolute Gasteiger partial charge is 0.381 e. The van der Waals surface area contributed by atoms with E-state index in [9.17, 15) is 0 Å². The van der Waals surface area contributed by atoms with Crippen LogP contribution in [-0.4, -0.2) is 41.3 Å². The molecule has 1 atom stereocenters. The van der Waals surface area contributed by atoms with Crippen LogP contribution in [0.4, 0.5) is 0 Å². The van der Waals surface area contributed by atoms with Gasteiger partial charge in [-0.3, -0.25) is 4.90 Å². The Balaban J connectivity index is 1.67. The molecule has 108 valence electrons. The van der Waals surface area contributed by atoms with Crippen molar-refractivity contribution >= 4 is 11.3 Å². The second kappa shape index (κ2) is 6.03. The molecular weight excluding hydrogens is 274 g/mol. The molecule has 0 aromatic carbocycles. The van der Waals surface area contributed by atoms with Crippen molar-refractivity contribution in [2.75, 3.05) is 20.2 Å². The van der Waals surface area contributed by atoms with Crippen LogP contribution in [0.3, 0.4) is 0 Å². The van der Waals surface area contributed by atoms with Gasteiger partial charge in [0.25, 0.3) is 0 Å². The minimum absolute atomic E-state index is 0.161. The molecule has 0 saturated carbocycles. The van der Waals surface area contributed by atoms with Crippen molar-refractivity contribution in [2.45, 2.75) is 31.9 Å². The molecule has 6 heteroatoms. The molecule has 0 amide bonds. The lowest BCUT2D eigenvalue weighted by Gasteiger charge is -2.33. The molecule has 0 N–H and O–H groups in total. The monoisotopic (exact) mass is 293 g/mol. The van der Waals surface area contributed by atoms with E-state index in [4.69, 9.17) is 9.26 Å². The van der Waals surface area contributed by atoms with Gasteiger partial charge in [-0.1, -0.05) is 11.2 Å². The van der Waals surface area contributed by atoms with Gasteiger partial charge in [0.05, 0.1) is 17.0 Å². The second-order valence-electron chi connectivity index (χ2n) is 5.08. The molecule has 3 heterocycles. The van der Waals surface area contributed by atoms with Gasteiger partial charge in [0.15, 0.2) is 0 Å². The van der Waals surface area contributed by atoms with Crippen molar-refractivity contribution in [1.82, 2.24) is 15.0 Å². The lowest BCUT2D eigenvalue weighted by molar-refractivity contribution is 0.0247. The van der Waals surface area contributed by atoms with Crippen LogP contribution in [0.25, 0.3) is 10.7 Å². The maximum Gasteiger partial charge on any atom is 0.244 e. The van der Waals surface area contributed by atoms with E-state index in [1.807, 2.05) is 17.5 Å². The fourth-order valence-corrected chi connectivity index (χ4v) is 3.21. The van der Waals surface area contributed by atoms with Crippen LogP contribution in [-0.2, 0) is 4.74 Å². The normalized spacial score (nSPS) is 19.3. The third-order valence-electron chi connectivity index (χ3n) is 3.90. The van der Waals surface area contributed by atoms with Crippen molar-refractivity contribution in [1.29, 1.82) is 0 Å². The van der Waals surface area contributed by atoms with E-state index in [1.165, 1.54) is 0 Å². The number of hydrogen-bond acceptors (Lipinski definition) is 6. The number of piperidine rings is 1.